The summed E-state index contributed by atoms with van der Waals surface area (Å²) in [4.78, 5) is 4.99. The Labute approximate surface area is 124 Å². The molecule has 0 fully saturated rings. The second-order valence-corrected chi connectivity index (χ2v) is 5.60. The van der Waals surface area contributed by atoms with Crippen molar-refractivity contribution in [3.05, 3.63) is 39.3 Å². The molecule has 6 heteroatoms. The SMILES string of the molecule is S=c1[nH]nc(-c2c3c(nc4c(Cl)cccc24)CCC3)o1. The zero-order chi connectivity index (χ0) is 13.7. The number of nitrogens with one attached hydrogen (secondary N) is 1. The van der Waals surface area contributed by atoms with Gasteiger partial charge in [-0.1, -0.05) is 23.7 Å². The standard InChI is InChI=1S/C14H10ClN3OS/c15-9-5-1-4-8-11(13-17-18-14(20)19-13)7-3-2-6-10(7)16-12(8)9/h1,4-5H,2-3,6H2,(H,18,20). The van der Waals surface area contributed by atoms with E-state index in [1.165, 1.54) is 5.56 Å². The van der Waals surface area contributed by atoms with Crippen LogP contribution in [0, 0.1) is 4.84 Å². The molecule has 0 unspecified atom stereocenters. The third-order valence-electron chi connectivity index (χ3n) is 3.65. The maximum atomic E-state index is 6.28. The van der Waals surface area contributed by atoms with Gasteiger partial charge >= 0.3 is 0 Å². The summed E-state index contributed by atoms with van der Waals surface area (Å²) in [5, 5.41) is 8.47. The van der Waals surface area contributed by atoms with Crippen molar-refractivity contribution in [2.45, 2.75) is 19.3 Å². The number of aryl methyl sites for hydroxylation is 1. The van der Waals surface area contributed by atoms with Crippen LogP contribution in [-0.4, -0.2) is 15.2 Å². The first-order valence-corrected chi connectivity index (χ1v) is 7.18. The van der Waals surface area contributed by atoms with Crippen molar-refractivity contribution in [1.29, 1.82) is 0 Å². The van der Waals surface area contributed by atoms with Gasteiger partial charge in [0.25, 0.3) is 4.84 Å². The Kier molecular flexibility index (Phi) is 2.65. The molecule has 100 valence electrons. The van der Waals surface area contributed by atoms with Crippen LogP contribution < -0.4 is 0 Å². The van der Waals surface area contributed by atoms with Gasteiger partial charge in [-0.2, -0.15) is 0 Å². The first kappa shape index (κ1) is 12.1. The van der Waals surface area contributed by atoms with Gasteiger partial charge in [0.05, 0.1) is 16.1 Å². The zero-order valence-corrected chi connectivity index (χ0v) is 12.0. The largest absolute Gasteiger partial charge is 0.409 e. The van der Waals surface area contributed by atoms with E-state index in [0.29, 0.717) is 10.9 Å². The molecule has 1 aliphatic carbocycles. The van der Waals surface area contributed by atoms with Crippen LogP contribution in [0.3, 0.4) is 0 Å². The summed E-state index contributed by atoms with van der Waals surface area (Å²) in [6.07, 6.45) is 3.04. The summed E-state index contributed by atoms with van der Waals surface area (Å²) in [6, 6.07) is 5.76. The Bertz CT molecular complexity index is 884. The van der Waals surface area contributed by atoms with Crippen LogP contribution >= 0.6 is 23.8 Å². The van der Waals surface area contributed by atoms with Crippen molar-refractivity contribution in [3.63, 3.8) is 0 Å². The minimum atomic E-state index is 0.277. The average molecular weight is 304 g/mol. The molecule has 1 aliphatic rings. The minimum Gasteiger partial charge on any atom is -0.409 e. The van der Waals surface area contributed by atoms with Crippen molar-refractivity contribution in [1.82, 2.24) is 15.2 Å². The van der Waals surface area contributed by atoms with E-state index in [2.05, 4.69) is 10.2 Å². The monoisotopic (exact) mass is 303 g/mol. The van der Waals surface area contributed by atoms with Gasteiger partial charge in [-0.05, 0) is 43.1 Å². The van der Waals surface area contributed by atoms with E-state index < -0.39 is 0 Å². The van der Waals surface area contributed by atoms with Gasteiger partial charge in [0, 0.05) is 11.1 Å². The number of nitrogens with zero attached hydrogens (tertiary/aromatic N) is 2. The second-order valence-electron chi connectivity index (χ2n) is 4.82. The second kappa shape index (κ2) is 4.40. The Balaban J connectivity index is 2.17. The number of rotatable bonds is 1. The van der Waals surface area contributed by atoms with E-state index >= 15 is 0 Å². The third-order valence-corrected chi connectivity index (χ3v) is 4.12. The lowest BCUT2D eigenvalue weighted by Gasteiger charge is -2.10. The first-order valence-electron chi connectivity index (χ1n) is 6.40. The summed E-state index contributed by atoms with van der Waals surface area (Å²) >= 11 is 11.3. The maximum absolute atomic E-state index is 6.28. The van der Waals surface area contributed by atoms with Crippen LogP contribution in [0.4, 0.5) is 0 Å². The molecule has 0 aliphatic heterocycles. The third kappa shape index (κ3) is 1.70. The fourth-order valence-electron chi connectivity index (χ4n) is 2.83. The predicted molar refractivity (Wildman–Crippen MR) is 79.5 cm³/mol. The molecule has 3 aromatic rings. The van der Waals surface area contributed by atoms with Crippen molar-refractivity contribution in [2.75, 3.05) is 0 Å². The fraction of sp³-hybridized carbons (Fsp3) is 0.214. The van der Waals surface area contributed by atoms with Crippen LogP contribution in [0.1, 0.15) is 17.7 Å². The van der Waals surface area contributed by atoms with Crippen molar-refractivity contribution < 1.29 is 4.42 Å². The predicted octanol–water partition coefficient (Wildman–Crippen LogP) is 4.09. The lowest BCUT2D eigenvalue weighted by molar-refractivity contribution is 0.552. The fourth-order valence-corrected chi connectivity index (χ4v) is 3.17. The van der Waals surface area contributed by atoms with E-state index in [1.807, 2.05) is 18.2 Å². The number of H-pyrrole nitrogens is 1. The molecule has 0 saturated heterocycles. The highest BCUT2D eigenvalue weighted by atomic mass is 35.5. The normalized spacial score (nSPS) is 13.8. The van der Waals surface area contributed by atoms with E-state index in [-0.39, 0.29) is 4.84 Å². The summed E-state index contributed by atoms with van der Waals surface area (Å²) in [5.74, 6) is 0.516. The Morgan fingerprint density at radius 3 is 3.00 bits per heavy atom. The molecule has 2 aromatic heterocycles. The molecule has 20 heavy (non-hydrogen) atoms. The van der Waals surface area contributed by atoms with E-state index in [1.54, 1.807) is 0 Å². The van der Waals surface area contributed by atoms with E-state index in [4.69, 9.17) is 33.2 Å². The number of aromatic nitrogens is 3. The molecular formula is C14H10ClN3OS. The number of hydrogen-bond acceptors (Lipinski definition) is 4. The van der Waals surface area contributed by atoms with Gasteiger partial charge in [0.2, 0.25) is 5.89 Å². The number of fused-ring (bicyclic) bond motifs is 2. The summed E-state index contributed by atoms with van der Waals surface area (Å²) in [5.41, 5.74) is 4.06. The van der Waals surface area contributed by atoms with Gasteiger partial charge in [-0.3, -0.25) is 4.98 Å². The van der Waals surface area contributed by atoms with Gasteiger partial charge < -0.3 is 4.42 Å². The summed E-state index contributed by atoms with van der Waals surface area (Å²) in [7, 11) is 0. The molecule has 0 bridgehead atoms. The molecule has 4 nitrogen and oxygen atoms in total. The van der Waals surface area contributed by atoms with Crippen LogP contribution in [0.15, 0.2) is 22.6 Å². The molecule has 1 N–H and O–H groups in total. The highest BCUT2D eigenvalue weighted by Gasteiger charge is 2.23. The lowest BCUT2D eigenvalue weighted by Crippen LogP contribution is -1.96. The van der Waals surface area contributed by atoms with Crippen LogP contribution in [-0.2, 0) is 12.8 Å². The highest BCUT2D eigenvalue weighted by Crippen LogP contribution is 2.38. The number of aromatic amines is 1. The molecule has 1 aromatic carbocycles. The van der Waals surface area contributed by atoms with E-state index in [0.717, 1.165) is 41.4 Å². The van der Waals surface area contributed by atoms with Crippen molar-refractivity contribution in [2.24, 2.45) is 0 Å². The van der Waals surface area contributed by atoms with Gasteiger partial charge in [0.15, 0.2) is 0 Å². The molecule has 0 spiro atoms. The number of pyridine rings is 1. The topological polar surface area (TPSA) is 54.7 Å². The van der Waals surface area contributed by atoms with Crippen molar-refractivity contribution in [3.8, 4) is 11.5 Å². The molecule has 0 amide bonds. The summed E-state index contributed by atoms with van der Waals surface area (Å²) < 4.78 is 5.52. The average Bonchev–Trinajstić information content (AvgIpc) is 3.05. The molecule has 0 atom stereocenters. The Morgan fingerprint density at radius 2 is 2.20 bits per heavy atom. The zero-order valence-electron chi connectivity index (χ0n) is 10.4. The van der Waals surface area contributed by atoms with Gasteiger partial charge in [0.1, 0.15) is 0 Å². The van der Waals surface area contributed by atoms with Crippen molar-refractivity contribution >= 4 is 34.7 Å². The maximum Gasteiger partial charge on any atom is 0.284 e. The Hall–Kier alpha value is -1.72. The van der Waals surface area contributed by atoms with E-state index in [9.17, 15) is 0 Å². The molecule has 0 radical (unpaired) electrons. The number of halogens is 1. The van der Waals surface area contributed by atoms with Gasteiger partial charge in [-0.25, -0.2) is 5.10 Å². The highest BCUT2D eigenvalue weighted by molar-refractivity contribution is 7.71. The van der Waals surface area contributed by atoms with Gasteiger partial charge in [-0.15, -0.1) is 5.10 Å². The van der Waals surface area contributed by atoms with Crippen LogP contribution in [0.5, 0.6) is 0 Å². The number of hydrogen-bond donors (Lipinski definition) is 1. The smallest absolute Gasteiger partial charge is 0.284 e. The minimum absolute atomic E-state index is 0.277. The summed E-state index contributed by atoms with van der Waals surface area (Å²) in [6.45, 7) is 0. The quantitative estimate of drug-likeness (QED) is 0.688. The number of benzene rings is 1. The molecular weight excluding hydrogens is 294 g/mol. The first-order chi connectivity index (χ1) is 9.74. The molecule has 2 heterocycles. The lowest BCUT2D eigenvalue weighted by atomic mass is 10.0. The number of para-hydroxylation sites is 1. The molecule has 4 rings (SSSR count). The molecule has 0 saturated carbocycles. The van der Waals surface area contributed by atoms with Crippen LogP contribution in [0.25, 0.3) is 22.4 Å². The van der Waals surface area contributed by atoms with Crippen LogP contribution in [0.2, 0.25) is 5.02 Å². The Morgan fingerprint density at radius 1 is 1.30 bits per heavy atom.